The first-order valence-corrected chi connectivity index (χ1v) is 4.93. The zero-order valence-corrected chi connectivity index (χ0v) is 8.67. The molecule has 0 aromatic heterocycles. The van der Waals surface area contributed by atoms with Crippen LogP contribution >= 0.6 is 0 Å². The molecule has 0 bridgehead atoms. The Balaban J connectivity index is 2.42. The number of carbonyl (C=O) groups excluding carboxylic acids is 1. The van der Waals surface area contributed by atoms with Crippen LogP contribution in [0.1, 0.15) is 26.7 Å². The predicted molar refractivity (Wildman–Crippen MR) is 51.4 cm³/mol. The minimum absolute atomic E-state index is 0.163. The lowest BCUT2D eigenvalue weighted by Gasteiger charge is -2.22. The molecule has 1 fully saturated rings. The van der Waals surface area contributed by atoms with Crippen LogP contribution in [0.15, 0.2) is 0 Å². The molecule has 1 aliphatic heterocycles. The van der Waals surface area contributed by atoms with Gasteiger partial charge in [0.15, 0.2) is 0 Å². The van der Waals surface area contributed by atoms with Gasteiger partial charge in [0.05, 0.1) is 6.10 Å². The number of rotatable bonds is 4. The third kappa shape index (κ3) is 2.99. The molecule has 0 saturated carbocycles. The maximum atomic E-state index is 11.0. The number of amides is 1. The summed E-state index contributed by atoms with van der Waals surface area (Å²) >= 11 is 0. The van der Waals surface area contributed by atoms with Crippen LogP contribution in [0, 0.1) is 11.8 Å². The van der Waals surface area contributed by atoms with E-state index in [0.29, 0.717) is 18.3 Å². The highest BCUT2D eigenvalue weighted by molar-refractivity contribution is 5.78. The Bertz CT molecular complexity index is 180. The zero-order chi connectivity index (χ0) is 9.84. The number of methoxy groups -OCH3 is 1. The topological polar surface area (TPSA) is 38.3 Å². The first kappa shape index (κ1) is 10.5. The third-order valence-corrected chi connectivity index (χ3v) is 2.54. The molecular formula is C10H19NO2. The standard InChI is InChI=1S/C10H19NO2/c1-7(2)4-9(13-3)8-5-10(12)11-6-8/h7-9H,4-6H2,1-3H3,(H,11,12)/t8-,9?/m1/s1. The van der Waals surface area contributed by atoms with Crippen molar-refractivity contribution in [2.45, 2.75) is 32.8 Å². The second-order valence-electron chi connectivity index (χ2n) is 4.17. The molecule has 1 N–H and O–H groups in total. The molecule has 13 heavy (non-hydrogen) atoms. The fourth-order valence-electron chi connectivity index (χ4n) is 1.84. The molecule has 1 heterocycles. The predicted octanol–water partition coefficient (Wildman–Crippen LogP) is 1.18. The average molecular weight is 185 g/mol. The molecule has 1 saturated heterocycles. The lowest BCUT2D eigenvalue weighted by Crippen LogP contribution is -2.26. The lowest BCUT2D eigenvalue weighted by molar-refractivity contribution is -0.119. The van der Waals surface area contributed by atoms with E-state index in [2.05, 4.69) is 19.2 Å². The van der Waals surface area contributed by atoms with Gasteiger partial charge in [-0.15, -0.1) is 0 Å². The zero-order valence-electron chi connectivity index (χ0n) is 8.67. The van der Waals surface area contributed by atoms with Crippen LogP contribution in [-0.2, 0) is 9.53 Å². The van der Waals surface area contributed by atoms with Crippen LogP contribution in [0.5, 0.6) is 0 Å². The maximum absolute atomic E-state index is 11.0. The summed E-state index contributed by atoms with van der Waals surface area (Å²) in [4.78, 5) is 11.0. The van der Waals surface area contributed by atoms with E-state index < -0.39 is 0 Å². The van der Waals surface area contributed by atoms with Crippen molar-refractivity contribution in [1.82, 2.24) is 5.32 Å². The van der Waals surface area contributed by atoms with Crippen molar-refractivity contribution in [3.05, 3.63) is 0 Å². The maximum Gasteiger partial charge on any atom is 0.220 e. The van der Waals surface area contributed by atoms with E-state index in [1.165, 1.54) is 0 Å². The van der Waals surface area contributed by atoms with Gasteiger partial charge < -0.3 is 10.1 Å². The number of hydrogen-bond acceptors (Lipinski definition) is 2. The van der Waals surface area contributed by atoms with Crippen molar-refractivity contribution in [3.8, 4) is 0 Å². The minimum Gasteiger partial charge on any atom is -0.381 e. The van der Waals surface area contributed by atoms with Gasteiger partial charge >= 0.3 is 0 Å². The highest BCUT2D eigenvalue weighted by Crippen LogP contribution is 2.21. The van der Waals surface area contributed by atoms with Gasteiger partial charge in [-0.2, -0.15) is 0 Å². The fourth-order valence-corrected chi connectivity index (χ4v) is 1.84. The quantitative estimate of drug-likeness (QED) is 0.714. The highest BCUT2D eigenvalue weighted by atomic mass is 16.5. The van der Waals surface area contributed by atoms with Crippen molar-refractivity contribution >= 4 is 5.91 Å². The molecule has 1 aliphatic rings. The Kier molecular flexibility index (Phi) is 3.72. The van der Waals surface area contributed by atoms with E-state index in [1.807, 2.05) is 0 Å². The molecule has 3 heteroatoms. The largest absolute Gasteiger partial charge is 0.381 e. The van der Waals surface area contributed by atoms with Gasteiger partial charge in [-0.1, -0.05) is 13.8 Å². The SMILES string of the molecule is COC(CC(C)C)[C@H]1CNC(=O)C1. The van der Waals surface area contributed by atoms with Crippen LogP contribution in [0.2, 0.25) is 0 Å². The first-order valence-electron chi connectivity index (χ1n) is 4.93. The van der Waals surface area contributed by atoms with Gasteiger partial charge in [0, 0.05) is 26.0 Å². The first-order chi connectivity index (χ1) is 6.13. The Morgan fingerprint density at radius 1 is 1.62 bits per heavy atom. The molecule has 76 valence electrons. The Morgan fingerprint density at radius 3 is 2.69 bits per heavy atom. The normalized spacial score (nSPS) is 24.9. The van der Waals surface area contributed by atoms with E-state index in [0.717, 1.165) is 13.0 Å². The number of ether oxygens (including phenoxy) is 1. The number of hydrogen-bond donors (Lipinski definition) is 1. The molecule has 0 aromatic rings. The monoisotopic (exact) mass is 185 g/mol. The van der Waals surface area contributed by atoms with Gasteiger partial charge in [-0.3, -0.25) is 4.79 Å². The van der Waals surface area contributed by atoms with Crippen molar-refractivity contribution in [1.29, 1.82) is 0 Å². The van der Waals surface area contributed by atoms with Crippen molar-refractivity contribution in [2.24, 2.45) is 11.8 Å². The summed E-state index contributed by atoms with van der Waals surface area (Å²) in [5.74, 6) is 1.16. The third-order valence-electron chi connectivity index (χ3n) is 2.54. The minimum atomic E-state index is 0.163. The molecule has 0 radical (unpaired) electrons. The van der Waals surface area contributed by atoms with E-state index in [9.17, 15) is 4.79 Å². The summed E-state index contributed by atoms with van der Waals surface area (Å²) in [7, 11) is 1.73. The Hall–Kier alpha value is -0.570. The van der Waals surface area contributed by atoms with E-state index in [-0.39, 0.29) is 12.0 Å². The fraction of sp³-hybridized carbons (Fsp3) is 0.900. The Labute approximate surface area is 79.8 Å². The molecule has 0 aliphatic carbocycles. The molecule has 1 rings (SSSR count). The average Bonchev–Trinajstić information content (AvgIpc) is 2.47. The van der Waals surface area contributed by atoms with E-state index in [4.69, 9.17) is 4.74 Å². The summed E-state index contributed by atoms with van der Waals surface area (Å²) < 4.78 is 5.40. The lowest BCUT2D eigenvalue weighted by atomic mass is 9.93. The summed E-state index contributed by atoms with van der Waals surface area (Å²) in [6, 6.07) is 0. The highest BCUT2D eigenvalue weighted by Gasteiger charge is 2.29. The van der Waals surface area contributed by atoms with Crippen LogP contribution in [0.4, 0.5) is 0 Å². The molecule has 1 amide bonds. The van der Waals surface area contributed by atoms with Crippen LogP contribution in [0.25, 0.3) is 0 Å². The van der Waals surface area contributed by atoms with Gasteiger partial charge in [0.2, 0.25) is 5.91 Å². The van der Waals surface area contributed by atoms with E-state index in [1.54, 1.807) is 7.11 Å². The Morgan fingerprint density at radius 2 is 2.31 bits per heavy atom. The molecular weight excluding hydrogens is 166 g/mol. The summed E-state index contributed by atoms with van der Waals surface area (Å²) in [5, 5.41) is 2.84. The van der Waals surface area contributed by atoms with Gasteiger partial charge in [-0.25, -0.2) is 0 Å². The molecule has 0 aromatic carbocycles. The number of carbonyl (C=O) groups is 1. The van der Waals surface area contributed by atoms with Crippen LogP contribution in [-0.4, -0.2) is 25.7 Å². The second-order valence-corrected chi connectivity index (χ2v) is 4.17. The molecule has 0 spiro atoms. The van der Waals surface area contributed by atoms with Gasteiger partial charge in [-0.05, 0) is 12.3 Å². The van der Waals surface area contributed by atoms with Gasteiger partial charge in [0.25, 0.3) is 0 Å². The summed E-state index contributed by atoms with van der Waals surface area (Å²) in [5.41, 5.74) is 0. The number of nitrogens with one attached hydrogen (secondary N) is 1. The molecule has 3 nitrogen and oxygen atoms in total. The second kappa shape index (κ2) is 4.61. The summed E-state index contributed by atoms with van der Waals surface area (Å²) in [6.45, 7) is 5.14. The van der Waals surface area contributed by atoms with E-state index >= 15 is 0 Å². The molecule has 1 unspecified atom stereocenters. The van der Waals surface area contributed by atoms with Gasteiger partial charge in [0.1, 0.15) is 0 Å². The molecule has 2 atom stereocenters. The van der Waals surface area contributed by atoms with Crippen molar-refractivity contribution in [2.75, 3.05) is 13.7 Å². The van der Waals surface area contributed by atoms with Crippen molar-refractivity contribution < 1.29 is 9.53 Å². The van der Waals surface area contributed by atoms with Crippen molar-refractivity contribution in [3.63, 3.8) is 0 Å². The smallest absolute Gasteiger partial charge is 0.220 e. The van der Waals surface area contributed by atoms with Crippen LogP contribution in [0.3, 0.4) is 0 Å². The summed E-state index contributed by atoms with van der Waals surface area (Å²) in [6.07, 6.45) is 1.90. The van der Waals surface area contributed by atoms with Crippen LogP contribution < -0.4 is 5.32 Å².